The number of ether oxygens (including phenoxy) is 1. The number of halogens is 3. The molecule has 1 atom stereocenters. The molecule has 1 saturated heterocycles. The largest absolute Gasteiger partial charge is 0.492 e. The van der Waals surface area contributed by atoms with Crippen molar-refractivity contribution in [1.29, 1.82) is 0 Å². The average molecular weight is 400 g/mol. The van der Waals surface area contributed by atoms with Gasteiger partial charge in [-0.15, -0.1) is 24.8 Å². The number of nitrogens with two attached hydrogens (primary N) is 1. The summed E-state index contributed by atoms with van der Waals surface area (Å²) in [7, 11) is 0. The predicted molar refractivity (Wildman–Crippen MR) is 97.3 cm³/mol. The van der Waals surface area contributed by atoms with Crippen LogP contribution in [0.2, 0.25) is 0 Å². The van der Waals surface area contributed by atoms with Gasteiger partial charge in [0.25, 0.3) is 0 Å². The molecule has 0 spiro atoms. The number of hydrogen-bond acceptors (Lipinski definition) is 3. The Morgan fingerprint density at radius 3 is 2.48 bits per heavy atom. The van der Waals surface area contributed by atoms with Crippen LogP contribution in [0, 0.1) is 13.8 Å². The third kappa shape index (κ3) is 6.33. The zero-order valence-electron chi connectivity index (χ0n) is 12.6. The molecule has 1 fully saturated rings. The third-order valence-electron chi connectivity index (χ3n) is 3.63. The minimum atomic E-state index is 0. The van der Waals surface area contributed by atoms with E-state index in [9.17, 15) is 0 Å². The van der Waals surface area contributed by atoms with Gasteiger partial charge in [0.05, 0.1) is 0 Å². The van der Waals surface area contributed by atoms with Crippen molar-refractivity contribution in [1.82, 2.24) is 4.90 Å². The fourth-order valence-electron chi connectivity index (χ4n) is 2.58. The Balaban J connectivity index is 0.00000200. The van der Waals surface area contributed by atoms with Crippen molar-refractivity contribution in [3.8, 4) is 5.75 Å². The number of hydrogen-bond donors (Lipinski definition) is 1. The van der Waals surface area contributed by atoms with E-state index >= 15 is 0 Å². The highest BCUT2D eigenvalue weighted by atomic mass is 79.9. The molecule has 0 bridgehead atoms. The van der Waals surface area contributed by atoms with Crippen LogP contribution in [0.5, 0.6) is 5.75 Å². The average Bonchev–Trinajstić information content (AvgIpc) is 2.36. The van der Waals surface area contributed by atoms with Gasteiger partial charge in [-0.05, 0) is 56.5 Å². The van der Waals surface area contributed by atoms with E-state index in [0.717, 1.165) is 38.4 Å². The van der Waals surface area contributed by atoms with Gasteiger partial charge < -0.3 is 10.5 Å². The summed E-state index contributed by atoms with van der Waals surface area (Å²) in [5.74, 6) is 0.958. The van der Waals surface area contributed by atoms with Crippen molar-refractivity contribution in [2.75, 3.05) is 26.2 Å². The molecule has 6 heteroatoms. The van der Waals surface area contributed by atoms with Crippen LogP contribution in [-0.2, 0) is 0 Å². The Bertz CT molecular complexity index is 423. The van der Waals surface area contributed by atoms with E-state index in [-0.39, 0.29) is 24.8 Å². The molecule has 21 heavy (non-hydrogen) atoms. The fraction of sp³-hybridized carbons (Fsp3) is 0.600. The lowest BCUT2D eigenvalue weighted by atomic mass is 10.1. The summed E-state index contributed by atoms with van der Waals surface area (Å²) in [6, 6.07) is 4.50. The standard InChI is InChI=1S/C15H23BrN2O.2ClH/c1-11-8-14(9-12(2)15(11)16)19-7-6-18-5-3-4-13(17)10-18;;/h8-9,13H,3-7,10,17H2,1-2H3;2*1H/t13-;;/m0../s1. The first-order valence-corrected chi connectivity index (χ1v) is 7.73. The van der Waals surface area contributed by atoms with Gasteiger partial charge in [0.1, 0.15) is 12.4 Å². The second-order valence-electron chi connectivity index (χ2n) is 5.42. The zero-order valence-corrected chi connectivity index (χ0v) is 15.8. The quantitative estimate of drug-likeness (QED) is 0.838. The topological polar surface area (TPSA) is 38.5 Å². The minimum Gasteiger partial charge on any atom is -0.492 e. The molecule has 2 rings (SSSR count). The van der Waals surface area contributed by atoms with E-state index in [0.29, 0.717) is 6.04 Å². The monoisotopic (exact) mass is 398 g/mol. The zero-order chi connectivity index (χ0) is 13.8. The van der Waals surface area contributed by atoms with E-state index < -0.39 is 0 Å². The normalized spacial score (nSPS) is 18.6. The smallest absolute Gasteiger partial charge is 0.119 e. The Labute approximate surface area is 148 Å². The number of rotatable bonds is 4. The van der Waals surface area contributed by atoms with Crippen LogP contribution in [0.15, 0.2) is 16.6 Å². The van der Waals surface area contributed by atoms with Crippen LogP contribution >= 0.6 is 40.7 Å². The molecule has 3 nitrogen and oxygen atoms in total. The third-order valence-corrected chi connectivity index (χ3v) is 4.88. The Morgan fingerprint density at radius 1 is 1.29 bits per heavy atom. The number of benzene rings is 1. The SMILES string of the molecule is Cc1cc(OCCN2CCC[C@H](N)C2)cc(C)c1Br.Cl.Cl. The first-order valence-electron chi connectivity index (χ1n) is 6.93. The molecule has 0 saturated carbocycles. The Kier molecular flexibility index (Phi) is 9.90. The molecule has 0 aromatic heterocycles. The molecule has 0 radical (unpaired) electrons. The molecule has 1 aliphatic rings. The lowest BCUT2D eigenvalue weighted by Gasteiger charge is -2.30. The van der Waals surface area contributed by atoms with Crippen molar-refractivity contribution in [2.24, 2.45) is 5.73 Å². The second kappa shape index (κ2) is 9.90. The summed E-state index contributed by atoms with van der Waals surface area (Å²) in [5.41, 5.74) is 8.41. The van der Waals surface area contributed by atoms with Crippen molar-refractivity contribution < 1.29 is 4.74 Å². The van der Waals surface area contributed by atoms with Gasteiger partial charge in [0, 0.05) is 23.6 Å². The number of nitrogens with zero attached hydrogens (tertiary/aromatic N) is 1. The molecule has 1 aliphatic heterocycles. The van der Waals surface area contributed by atoms with Crippen molar-refractivity contribution in [3.05, 3.63) is 27.7 Å². The van der Waals surface area contributed by atoms with Crippen LogP contribution < -0.4 is 10.5 Å². The molecule has 0 aliphatic carbocycles. The second-order valence-corrected chi connectivity index (χ2v) is 6.22. The highest BCUT2D eigenvalue weighted by molar-refractivity contribution is 9.10. The van der Waals surface area contributed by atoms with Crippen LogP contribution in [0.1, 0.15) is 24.0 Å². The molecule has 122 valence electrons. The molecule has 2 N–H and O–H groups in total. The van der Waals surface area contributed by atoms with E-state index in [1.54, 1.807) is 0 Å². The van der Waals surface area contributed by atoms with E-state index in [2.05, 4.69) is 46.8 Å². The first kappa shape index (κ1) is 21.0. The van der Waals surface area contributed by atoms with Crippen LogP contribution in [0.3, 0.4) is 0 Å². The van der Waals surface area contributed by atoms with Crippen LogP contribution in [0.4, 0.5) is 0 Å². The van der Waals surface area contributed by atoms with Gasteiger partial charge in [-0.2, -0.15) is 0 Å². The maximum Gasteiger partial charge on any atom is 0.119 e. The van der Waals surface area contributed by atoms with Crippen LogP contribution in [-0.4, -0.2) is 37.2 Å². The fourth-order valence-corrected chi connectivity index (χ4v) is 2.81. The number of piperidine rings is 1. The summed E-state index contributed by atoms with van der Waals surface area (Å²) in [6.45, 7) is 8.02. The summed E-state index contributed by atoms with van der Waals surface area (Å²) >= 11 is 3.57. The molecular weight excluding hydrogens is 375 g/mol. The van der Waals surface area contributed by atoms with Crippen molar-refractivity contribution >= 4 is 40.7 Å². The Morgan fingerprint density at radius 2 is 1.90 bits per heavy atom. The van der Waals surface area contributed by atoms with E-state index in [1.807, 2.05) is 0 Å². The number of likely N-dealkylation sites (tertiary alicyclic amines) is 1. The van der Waals surface area contributed by atoms with E-state index in [4.69, 9.17) is 10.5 Å². The maximum atomic E-state index is 5.98. The van der Waals surface area contributed by atoms with Gasteiger partial charge in [0.2, 0.25) is 0 Å². The van der Waals surface area contributed by atoms with E-state index in [1.165, 1.54) is 22.0 Å². The van der Waals surface area contributed by atoms with Gasteiger partial charge >= 0.3 is 0 Å². The Hall–Kier alpha value is -0.000000000000000111. The summed E-state index contributed by atoms with van der Waals surface area (Å²) in [4.78, 5) is 2.40. The lowest BCUT2D eigenvalue weighted by molar-refractivity contribution is 0.171. The highest BCUT2D eigenvalue weighted by Crippen LogP contribution is 2.26. The first-order chi connectivity index (χ1) is 9.06. The van der Waals surface area contributed by atoms with Crippen LogP contribution in [0.25, 0.3) is 0 Å². The summed E-state index contributed by atoms with van der Waals surface area (Å²) < 4.78 is 7.03. The highest BCUT2D eigenvalue weighted by Gasteiger charge is 2.16. The molecule has 0 amide bonds. The van der Waals surface area contributed by atoms with Gasteiger partial charge in [0.15, 0.2) is 0 Å². The van der Waals surface area contributed by atoms with Gasteiger partial charge in [-0.25, -0.2) is 0 Å². The van der Waals surface area contributed by atoms with Gasteiger partial charge in [-0.3, -0.25) is 4.90 Å². The van der Waals surface area contributed by atoms with Gasteiger partial charge in [-0.1, -0.05) is 15.9 Å². The summed E-state index contributed by atoms with van der Waals surface area (Å²) in [6.07, 6.45) is 2.36. The van der Waals surface area contributed by atoms with Crippen molar-refractivity contribution in [2.45, 2.75) is 32.7 Å². The molecule has 0 unspecified atom stereocenters. The molecule has 1 aromatic rings. The summed E-state index contributed by atoms with van der Waals surface area (Å²) in [5, 5.41) is 0. The van der Waals surface area contributed by atoms with Crippen molar-refractivity contribution in [3.63, 3.8) is 0 Å². The lowest BCUT2D eigenvalue weighted by Crippen LogP contribution is -2.44. The molecule has 1 aromatic carbocycles. The maximum absolute atomic E-state index is 5.98. The molecule has 1 heterocycles. The number of aryl methyl sites for hydroxylation is 2. The minimum absolute atomic E-state index is 0. The molecular formula is C15H25BrCl2N2O. The predicted octanol–water partition coefficient (Wildman–Crippen LogP) is 3.71.